The van der Waals surface area contributed by atoms with Crippen LogP contribution in [-0.2, 0) is 6.42 Å². The van der Waals surface area contributed by atoms with Crippen molar-refractivity contribution in [1.82, 2.24) is 14.3 Å². The van der Waals surface area contributed by atoms with E-state index in [9.17, 15) is 5.11 Å². The number of anilines is 1. The number of aromatic nitrogens is 2. The maximum Gasteiger partial charge on any atom is 0.202 e. The average molecular weight is 339 g/mol. The molecule has 1 saturated carbocycles. The van der Waals surface area contributed by atoms with Gasteiger partial charge in [0.15, 0.2) is 0 Å². The smallest absolute Gasteiger partial charge is 0.202 e. The fraction of sp³-hybridized carbons (Fsp3) is 0.882. The molecule has 2 aliphatic rings. The van der Waals surface area contributed by atoms with Crippen LogP contribution in [-0.4, -0.2) is 50.6 Å². The quantitative estimate of drug-likeness (QED) is 0.864. The van der Waals surface area contributed by atoms with Crippen LogP contribution in [0.25, 0.3) is 0 Å². The molecule has 0 unspecified atom stereocenters. The zero-order valence-corrected chi connectivity index (χ0v) is 15.2. The molecule has 3 rings (SSSR count). The van der Waals surface area contributed by atoms with Crippen molar-refractivity contribution >= 4 is 16.7 Å². The first kappa shape index (κ1) is 17.1. The molecule has 23 heavy (non-hydrogen) atoms. The summed E-state index contributed by atoms with van der Waals surface area (Å²) in [7, 11) is 0. The molecule has 0 bridgehead atoms. The fourth-order valence-electron chi connectivity index (χ4n) is 3.83. The summed E-state index contributed by atoms with van der Waals surface area (Å²) in [5, 5.41) is 14.8. The van der Waals surface area contributed by atoms with Crippen LogP contribution in [0.15, 0.2) is 0 Å². The van der Waals surface area contributed by atoms with Crippen molar-refractivity contribution < 1.29 is 5.11 Å². The summed E-state index contributed by atoms with van der Waals surface area (Å²) in [5.74, 6) is 1.57. The topological polar surface area (TPSA) is 61.3 Å². The first-order chi connectivity index (χ1) is 11.1. The molecule has 2 N–H and O–H groups in total. The Labute approximate surface area is 143 Å². The largest absolute Gasteiger partial charge is 0.391 e. The highest BCUT2D eigenvalue weighted by Gasteiger charge is 2.31. The molecule has 0 aromatic carbocycles. The number of hydrogen-bond donors (Lipinski definition) is 2. The van der Waals surface area contributed by atoms with Crippen LogP contribution in [0.4, 0.5) is 5.13 Å². The van der Waals surface area contributed by atoms with Crippen LogP contribution in [0.3, 0.4) is 0 Å². The van der Waals surface area contributed by atoms with E-state index >= 15 is 0 Å². The molecule has 2 fully saturated rings. The van der Waals surface area contributed by atoms with Gasteiger partial charge >= 0.3 is 0 Å². The molecule has 0 amide bonds. The number of nitrogens with one attached hydrogen (secondary N) is 1. The van der Waals surface area contributed by atoms with E-state index in [2.05, 4.69) is 33.4 Å². The van der Waals surface area contributed by atoms with Gasteiger partial charge in [0, 0.05) is 43.1 Å². The summed E-state index contributed by atoms with van der Waals surface area (Å²) in [5.41, 5.74) is 0. The second-order valence-electron chi connectivity index (χ2n) is 7.49. The summed E-state index contributed by atoms with van der Waals surface area (Å²) >= 11 is 1.49. The Morgan fingerprint density at radius 3 is 2.65 bits per heavy atom. The van der Waals surface area contributed by atoms with Gasteiger partial charge in [-0.3, -0.25) is 4.90 Å². The Morgan fingerprint density at radius 2 is 1.96 bits per heavy atom. The molecule has 1 aliphatic heterocycles. The van der Waals surface area contributed by atoms with E-state index in [1.165, 1.54) is 24.4 Å². The van der Waals surface area contributed by atoms with Gasteiger partial charge in [0.1, 0.15) is 5.82 Å². The van der Waals surface area contributed by atoms with Crippen LogP contribution in [0.5, 0.6) is 0 Å². The van der Waals surface area contributed by atoms with E-state index in [-0.39, 0.29) is 6.10 Å². The molecule has 130 valence electrons. The van der Waals surface area contributed by atoms with Gasteiger partial charge in [0.05, 0.1) is 6.10 Å². The van der Waals surface area contributed by atoms with Gasteiger partial charge in [-0.15, -0.1) is 0 Å². The second-order valence-corrected chi connectivity index (χ2v) is 8.24. The highest BCUT2D eigenvalue weighted by molar-refractivity contribution is 7.09. The van der Waals surface area contributed by atoms with Crippen molar-refractivity contribution in [2.24, 2.45) is 5.92 Å². The van der Waals surface area contributed by atoms with Crippen molar-refractivity contribution in [3.63, 3.8) is 0 Å². The van der Waals surface area contributed by atoms with Crippen LogP contribution in [0, 0.1) is 5.92 Å². The third-order valence-electron chi connectivity index (χ3n) is 5.08. The highest BCUT2D eigenvalue weighted by atomic mass is 32.1. The third kappa shape index (κ3) is 4.64. The molecule has 1 saturated heterocycles. The number of hydrogen-bond acceptors (Lipinski definition) is 6. The monoisotopic (exact) mass is 338 g/mol. The van der Waals surface area contributed by atoms with Crippen LogP contribution in [0.1, 0.15) is 58.2 Å². The molecule has 1 aromatic heterocycles. The Kier molecular flexibility index (Phi) is 5.88. The van der Waals surface area contributed by atoms with E-state index in [0.717, 1.165) is 56.1 Å². The lowest BCUT2D eigenvalue weighted by molar-refractivity contribution is 0.00993. The van der Waals surface area contributed by atoms with Crippen LogP contribution >= 0.6 is 11.5 Å². The second kappa shape index (κ2) is 7.90. The highest BCUT2D eigenvalue weighted by Crippen LogP contribution is 2.27. The minimum absolute atomic E-state index is 0.116. The molecular formula is C17H30N4OS. The lowest BCUT2D eigenvalue weighted by Gasteiger charge is -2.41. The van der Waals surface area contributed by atoms with Gasteiger partial charge in [-0.05, 0) is 31.6 Å². The molecular weight excluding hydrogens is 308 g/mol. The molecule has 0 radical (unpaired) electrons. The Morgan fingerprint density at radius 1 is 1.22 bits per heavy atom. The van der Waals surface area contributed by atoms with Gasteiger partial charge in [0.25, 0.3) is 0 Å². The maximum absolute atomic E-state index is 10.2. The van der Waals surface area contributed by atoms with Crippen molar-refractivity contribution in [2.75, 3.05) is 18.4 Å². The van der Waals surface area contributed by atoms with E-state index in [1.807, 2.05) is 0 Å². The van der Waals surface area contributed by atoms with Gasteiger partial charge < -0.3 is 10.4 Å². The molecule has 2 heterocycles. The maximum atomic E-state index is 10.2. The van der Waals surface area contributed by atoms with E-state index in [0.29, 0.717) is 18.0 Å². The van der Waals surface area contributed by atoms with E-state index < -0.39 is 0 Å². The van der Waals surface area contributed by atoms with Crippen molar-refractivity contribution in [1.29, 1.82) is 0 Å². The number of nitrogens with zero attached hydrogens (tertiary/aromatic N) is 3. The molecule has 5 nitrogen and oxygen atoms in total. The standard InChI is InChI=1S/C17H30N4OS/c1-12(2)11-16-19-17(23-20-16)18-13-7-9-21(10-8-13)14-5-3-4-6-15(14)22/h12-15,22H,3-11H2,1-2H3,(H,18,19,20)/t14-,15+/m1/s1. The first-order valence-corrected chi connectivity index (χ1v) is 9.90. The normalized spacial score (nSPS) is 27.5. The zero-order valence-electron chi connectivity index (χ0n) is 14.4. The zero-order chi connectivity index (χ0) is 16.2. The average Bonchev–Trinajstić information content (AvgIpc) is 2.95. The Hall–Kier alpha value is -0.720. The summed E-state index contributed by atoms with van der Waals surface area (Å²) < 4.78 is 4.44. The number of rotatable bonds is 5. The summed E-state index contributed by atoms with van der Waals surface area (Å²) in [4.78, 5) is 7.11. The summed E-state index contributed by atoms with van der Waals surface area (Å²) in [6.07, 6.45) is 7.69. The van der Waals surface area contributed by atoms with Crippen molar-refractivity contribution in [3.8, 4) is 0 Å². The summed E-state index contributed by atoms with van der Waals surface area (Å²) in [6.45, 7) is 6.56. The lowest BCUT2D eigenvalue weighted by Crippen LogP contribution is -2.50. The van der Waals surface area contributed by atoms with Crippen LogP contribution < -0.4 is 5.32 Å². The van der Waals surface area contributed by atoms with E-state index in [1.54, 1.807) is 0 Å². The molecule has 0 spiro atoms. The third-order valence-corrected chi connectivity index (χ3v) is 5.76. The van der Waals surface area contributed by atoms with Crippen LogP contribution in [0.2, 0.25) is 0 Å². The SMILES string of the molecule is CC(C)Cc1nsc(NC2CCN([C@@H]3CCCC[C@@H]3O)CC2)n1. The molecule has 1 aliphatic carbocycles. The lowest BCUT2D eigenvalue weighted by atomic mass is 9.89. The predicted molar refractivity (Wildman–Crippen MR) is 94.9 cm³/mol. The van der Waals surface area contributed by atoms with Crippen molar-refractivity contribution in [2.45, 2.75) is 77.0 Å². The number of aliphatic hydroxyl groups is 1. The number of likely N-dealkylation sites (tertiary alicyclic amines) is 1. The van der Waals surface area contributed by atoms with Gasteiger partial charge in [-0.25, -0.2) is 4.98 Å². The fourth-order valence-corrected chi connectivity index (χ4v) is 4.50. The predicted octanol–water partition coefficient (Wildman–Crippen LogP) is 2.92. The Balaban J connectivity index is 1.46. The molecule has 1 aromatic rings. The van der Waals surface area contributed by atoms with Gasteiger partial charge in [-0.1, -0.05) is 26.7 Å². The van der Waals surface area contributed by atoms with Gasteiger partial charge in [-0.2, -0.15) is 4.37 Å². The van der Waals surface area contributed by atoms with Gasteiger partial charge in [0.2, 0.25) is 5.13 Å². The number of aliphatic hydroxyl groups excluding tert-OH is 1. The Bertz CT molecular complexity index is 485. The minimum atomic E-state index is -0.116. The minimum Gasteiger partial charge on any atom is -0.391 e. The number of piperidine rings is 1. The molecule has 2 atom stereocenters. The summed E-state index contributed by atoms with van der Waals surface area (Å²) in [6, 6.07) is 0.885. The first-order valence-electron chi connectivity index (χ1n) is 9.13. The van der Waals surface area contributed by atoms with E-state index in [4.69, 9.17) is 0 Å². The van der Waals surface area contributed by atoms with Crippen molar-refractivity contribution in [3.05, 3.63) is 5.82 Å². The molecule has 6 heteroatoms.